The summed E-state index contributed by atoms with van der Waals surface area (Å²) in [5, 5.41) is 11.8. The Kier molecular flexibility index (Phi) is 3.80. The molecule has 0 amide bonds. The van der Waals surface area contributed by atoms with Crippen LogP contribution in [0.5, 0.6) is 5.75 Å². The first-order valence-electron chi connectivity index (χ1n) is 6.55. The summed E-state index contributed by atoms with van der Waals surface area (Å²) in [7, 11) is 0. The minimum Gasteiger partial charge on any atom is -0.493 e. The molecule has 0 spiro atoms. The molecule has 106 valence electrons. The van der Waals surface area contributed by atoms with E-state index in [4.69, 9.17) is 10.00 Å². The normalized spacial score (nSPS) is 12.4. The molecule has 5 heteroatoms. The lowest BCUT2D eigenvalue weighted by molar-refractivity contribution is 0.354. The molecule has 0 atom stereocenters. The smallest absolute Gasteiger partial charge is 0.147 e. The van der Waals surface area contributed by atoms with Crippen LogP contribution in [0.25, 0.3) is 0 Å². The Hall–Kier alpha value is -2.06. The van der Waals surface area contributed by atoms with Crippen molar-refractivity contribution in [2.75, 3.05) is 11.9 Å². The van der Waals surface area contributed by atoms with Gasteiger partial charge >= 0.3 is 0 Å². The molecule has 1 aliphatic rings. The van der Waals surface area contributed by atoms with Gasteiger partial charge in [-0.15, -0.1) is 0 Å². The molecule has 0 saturated carbocycles. The SMILES string of the molecule is N#Cc1ccc(NCc2cc(Br)cc3c2OCC3)c(F)c1. The zero-order valence-corrected chi connectivity index (χ0v) is 12.7. The van der Waals surface area contributed by atoms with Crippen molar-refractivity contribution in [3.63, 3.8) is 0 Å². The Balaban J connectivity index is 1.81. The predicted octanol–water partition coefficient (Wildman–Crippen LogP) is 4.01. The first-order valence-corrected chi connectivity index (χ1v) is 7.34. The fourth-order valence-corrected chi connectivity index (χ4v) is 2.95. The molecule has 21 heavy (non-hydrogen) atoms. The lowest BCUT2D eigenvalue weighted by atomic mass is 10.1. The highest BCUT2D eigenvalue weighted by molar-refractivity contribution is 9.10. The molecular formula is C16H12BrFN2O. The van der Waals surface area contributed by atoms with E-state index in [0.29, 0.717) is 24.4 Å². The molecule has 1 N–H and O–H groups in total. The number of ether oxygens (including phenoxy) is 1. The maximum absolute atomic E-state index is 13.8. The average molecular weight is 347 g/mol. The van der Waals surface area contributed by atoms with Crippen molar-refractivity contribution in [3.8, 4) is 11.8 Å². The molecular weight excluding hydrogens is 335 g/mol. The molecule has 0 saturated heterocycles. The first kappa shape index (κ1) is 13.9. The minimum atomic E-state index is -0.429. The van der Waals surface area contributed by atoms with Crippen molar-refractivity contribution < 1.29 is 9.13 Å². The highest BCUT2D eigenvalue weighted by Gasteiger charge is 2.17. The maximum Gasteiger partial charge on any atom is 0.147 e. The van der Waals surface area contributed by atoms with E-state index < -0.39 is 5.82 Å². The standard InChI is InChI=1S/C16H12BrFN2O/c17-13-6-11-3-4-21-16(11)12(7-13)9-20-15-2-1-10(8-19)5-14(15)18/h1-2,5-7,20H,3-4,9H2. The van der Waals surface area contributed by atoms with E-state index in [9.17, 15) is 4.39 Å². The molecule has 0 bridgehead atoms. The van der Waals surface area contributed by atoms with Gasteiger partial charge in [0.05, 0.1) is 23.9 Å². The average Bonchev–Trinajstić information content (AvgIpc) is 2.93. The van der Waals surface area contributed by atoms with Gasteiger partial charge < -0.3 is 10.1 Å². The number of hydrogen-bond acceptors (Lipinski definition) is 3. The van der Waals surface area contributed by atoms with Crippen LogP contribution in [0.1, 0.15) is 16.7 Å². The third-order valence-corrected chi connectivity index (χ3v) is 3.85. The highest BCUT2D eigenvalue weighted by atomic mass is 79.9. The van der Waals surface area contributed by atoms with Gasteiger partial charge in [-0.25, -0.2) is 4.39 Å². The molecule has 3 rings (SSSR count). The number of fused-ring (bicyclic) bond motifs is 1. The first-order chi connectivity index (χ1) is 10.2. The lowest BCUT2D eigenvalue weighted by Crippen LogP contribution is -2.03. The van der Waals surface area contributed by atoms with Crippen molar-refractivity contribution in [2.24, 2.45) is 0 Å². The third kappa shape index (κ3) is 2.86. The molecule has 0 aliphatic carbocycles. The van der Waals surface area contributed by atoms with Gasteiger partial charge in [-0.05, 0) is 35.9 Å². The summed E-state index contributed by atoms with van der Waals surface area (Å²) in [6.45, 7) is 1.15. The summed E-state index contributed by atoms with van der Waals surface area (Å²) >= 11 is 3.48. The minimum absolute atomic E-state index is 0.310. The number of benzene rings is 2. The van der Waals surface area contributed by atoms with E-state index in [1.54, 1.807) is 12.1 Å². The van der Waals surface area contributed by atoms with Gasteiger partial charge in [0.2, 0.25) is 0 Å². The third-order valence-electron chi connectivity index (χ3n) is 3.39. The molecule has 0 radical (unpaired) electrons. The van der Waals surface area contributed by atoms with Crippen LogP contribution in [0.2, 0.25) is 0 Å². The Morgan fingerprint density at radius 1 is 1.33 bits per heavy atom. The molecule has 2 aromatic rings. The van der Waals surface area contributed by atoms with Crippen LogP contribution in [-0.2, 0) is 13.0 Å². The van der Waals surface area contributed by atoms with Gasteiger partial charge in [-0.3, -0.25) is 0 Å². The van der Waals surface area contributed by atoms with E-state index in [1.807, 2.05) is 18.2 Å². The molecule has 2 aromatic carbocycles. The number of halogens is 2. The summed E-state index contributed by atoms with van der Waals surface area (Å²) < 4.78 is 20.5. The van der Waals surface area contributed by atoms with Crippen molar-refractivity contribution in [2.45, 2.75) is 13.0 Å². The quantitative estimate of drug-likeness (QED) is 0.913. The van der Waals surface area contributed by atoms with Crippen molar-refractivity contribution in [1.29, 1.82) is 5.26 Å². The lowest BCUT2D eigenvalue weighted by Gasteiger charge is -2.12. The van der Waals surface area contributed by atoms with Crippen LogP contribution in [0.15, 0.2) is 34.8 Å². The van der Waals surface area contributed by atoms with Gasteiger partial charge in [0.25, 0.3) is 0 Å². The highest BCUT2D eigenvalue weighted by Crippen LogP contribution is 2.33. The van der Waals surface area contributed by atoms with E-state index in [0.717, 1.165) is 22.2 Å². The largest absolute Gasteiger partial charge is 0.493 e. The summed E-state index contributed by atoms with van der Waals surface area (Å²) in [5.41, 5.74) is 2.84. The second-order valence-electron chi connectivity index (χ2n) is 4.81. The van der Waals surface area contributed by atoms with Gasteiger partial charge in [0, 0.05) is 23.0 Å². The van der Waals surface area contributed by atoms with E-state index in [-0.39, 0.29) is 0 Å². The fourth-order valence-electron chi connectivity index (χ4n) is 2.40. The van der Waals surface area contributed by atoms with Crippen LogP contribution in [0.4, 0.5) is 10.1 Å². The summed E-state index contributed by atoms with van der Waals surface area (Å²) in [4.78, 5) is 0. The maximum atomic E-state index is 13.8. The number of anilines is 1. The Morgan fingerprint density at radius 3 is 2.95 bits per heavy atom. The van der Waals surface area contributed by atoms with Crippen LogP contribution in [-0.4, -0.2) is 6.61 Å². The summed E-state index contributed by atoms with van der Waals surface area (Å²) in [6.07, 6.45) is 0.896. The number of nitrogens with one attached hydrogen (secondary N) is 1. The number of hydrogen-bond donors (Lipinski definition) is 1. The van der Waals surface area contributed by atoms with E-state index in [2.05, 4.69) is 21.2 Å². The number of rotatable bonds is 3. The second kappa shape index (κ2) is 5.74. The zero-order chi connectivity index (χ0) is 14.8. The van der Waals surface area contributed by atoms with Crippen LogP contribution >= 0.6 is 15.9 Å². The van der Waals surface area contributed by atoms with Gasteiger partial charge in [-0.2, -0.15) is 5.26 Å². The molecule has 1 heterocycles. The van der Waals surface area contributed by atoms with Crippen LogP contribution in [0, 0.1) is 17.1 Å². The summed E-state index contributed by atoms with van der Waals surface area (Å²) in [5.74, 6) is 0.460. The van der Waals surface area contributed by atoms with Gasteiger partial charge in [0.1, 0.15) is 11.6 Å². The molecule has 0 unspecified atom stereocenters. The predicted molar refractivity (Wildman–Crippen MR) is 81.8 cm³/mol. The Morgan fingerprint density at radius 2 is 2.19 bits per heavy atom. The number of nitriles is 1. The topological polar surface area (TPSA) is 45.0 Å². The number of nitrogens with zero attached hydrogens (tertiary/aromatic N) is 1. The Labute approximate surface area is 130 Å². The Bertz CT molecular complexity index is 740. The van der Waals surface area contributed by atoms with Crippen molar-refractivity contribution in [1.82, 2.24) is 0 Å². The molecule has 0 fully saturated rings. The molecule has 3 nitrogen and oxygen atoms in total. The van der Waals surface area contributed by atoms with Gasteiger partial charge in [-0.1, -0.05) is 15.9 Å². The van der Waals surface area contributed by atoms with Crippen molar-refractivity contribution in [3.05, 3.63) is 57.3 Å². The summed E-state index contributed by atoms with van der Waals surface area (Å²) in [6, 6.07) is 10.3. The van der Waals surface area contributed by atoms with Crippen molar-refractivity contribution >= 4 is 21.6 Å². The van der Waals surface area contributed by atoms with Gasteiger partial charge in [0.15, 0.2) is 0 Å². The molecule has 0 aromatic heterocycles. The van der Waals surface area contributed by atoms with Crippen LogP contribution < -0.4 is 10.1 Å². The second-order valence-corrected chi connectivity index (χ2v) is 5.73. The van der Waals surface area contributed by atoms with E-state index in [1.165, 1.54) is 11.6 Å². The van der Waals surface area contributed by atoms with E-state index >= 15 is 0 Å². The fraction of sp³-hybridized carbons (Fsp3) is 0.188. The zero-order valence-electron chi connectivity index (χ0n) is 11.1. The monoisotopic (exact) mass is 346 g/mol. The molecule has 1 aliphatic heterocycles. The van der Waals surface area contributed by atoms with Crippen LogP contribution in [0.3, 0.4) is 0 Å².